The zero-order valence-corrected chi connectivity index (χ0v) is 20.6. The molecule has 1 atom stereocenters. The van der Waals surface area contributed by atoms with Crippen LogP contribution in [0.2, 0.25) is 5.02 Å². The molecule has 3 heterocycles. The van der Waals surface area contributed by atoms with Crippen molar-refractivity contribution in [3.05, 3.63) is 59.9 Å². The van der Waals surface area contributed by atoms with Crippen LogP contribution in [0.3, 0.4) is 0 Å². The maximum absolute atomic E-state index is 14.6. The number of benzene rings is 2. The number of aromatic nitrogens is 2. The number of halogens is 3. The monoisotopic (exact) mass is 530 g/mol. The highest BCUT2D eigenvalue weighted by atomic mass is 35.5. The van der Waals surface area contributed by atoms with Crippen LogP contribution in [-0.4, -0.2) is 59.3 Å². The lowest BCUT2D eigenvalue weighted by Crippen LogP contribution is -2.41. The molecule has 2 aliphatic rings. The smallest absolute Gasteiger partial charge is 0.245 e. The Morgan fingerprint density at radius 1 is 1.14 bits per heavy atom. The Hall–Kier alpha value is -3.50. The molecule has 0 unspecified atom stereocenters. The highest BCUT2D eigenvalue weighted by Gasteiger charge is 2.26. The van der Waals surface area contributed by atoms with E-state index in [1.807, 2.05) is 0 Å². The lowest BCUT2D eigenvalue weighted by molar-refractivity contribution is -0.127. The fourth-order valence-electron chi connectivity index (χ4n) is 4.39. The number of nitrogens with zero attached hydrogens (tertiary/aromatic N) is 3. The number of anilines is 2. The zero-order chi connectivity index (χ0) is 25.9. The zero-order valence-electron chi connectivity index (χ0n) is 19.9. The van der Waals surface area contributed by atoms with E-state index in [1.54, 1.807) is 17.0 Å². The predicted molar refractivity (Wildman–Crippen MR) is 134 cm³/mol. The predicted octanol–water partition coefficient (Wildman–Crippen LogP) is 5.03. The number of carbonyl (C=O) groups is 1. The first kappa shape index (κ1) is 25.2. The van der Waals surface area contributed by atoms with Crippen LogP contribution in [0, 0.1) is 11.6 Å². The minimum Gasteiger partial charge on any atom is -0.486 e. The number of carbonyl (C=O) groups excluding carboxylic acids is 1. The van der Waals surface area contributed by atoms with E-state index in [9.17, 15) is 13.6 Å². The Balaban J connectivity index is 1.46. The molecule has 3 aromatic rings. The van der Waals surface area contributed by atoms with E-state index in [0.717, 1.165) is 12.5 Å². The van der Waals surface area contributed by atoms with Crippen LogP contribution in [0.5, 0.6) is 11.5 Å². The van der Waals surface area contributed by atoms with Crippen molar-refractivity contribution >= 4 is 39.9 Å². The van der Waals surface area contributed by atoms with Gasteiger partial charge in [0.2, 0.25) is 5.91 Å². The number of nitrogens with one attached hydrogen (secondary N) is 1. The van der Waals surface area contributed by atoms with Gasteiger partial charge in [0.05, 0.1) is 24.4 Å². The highest BCUT2D eigenvalue weighted by molar-refractivity contribution is 6.31. The number of likely N-dealkylation sites (tertiary alicyclic amines) is 1. The summed E-state index contributed by atoms with van der Waals surface area (Å²) in [6.45, 7) is 5.74. The van der Waals surface area contributed by atoms with Crippen LogP contribution in [0.15, 0.2) is 43.2 Å². The molecule has 1 aromatic heterocycles. The molecule has 8 nitrogen and oxygen atoms in total. The molecular formula is C26H25ClF2N4O4. The maximum Gasteiger partial charge on any atom is 0.245 e. The van der Waals surface area contributed by atoms with Crippen molar-refractivity contribution in [2.24, 2.45) is 0 Å². The summed E-state index contributed by atoms with van der Waals surface area (Å²) in [6.07, 6.45) is 4.40. The molecule has 1 N–H and O–H groups in total. The largest absolute Gasteiger partial charge is 0.486 e. The van der Waals surface area contributed by atoms with E-state index in [1.165, 1.54) is 18.5 Å². The van der Waals surface area contributed by atoms with Gasteiger partial charge in [-0.2, -0.15) is 0 Å². The third-order valence-electron chi connectivity index (χ3n) is 6.39. The third-order valence-corrected chi connectivity index (χ3v) is 6.74. The minimum atomic E-state index is -0.924. The molecule has 2 saturated heterocycles. The van der Waals surface area contributed by atoms with Gasteiger partial charge in [0.15, 0.2) is 17.3 Å². The summed E-state index contributed by atoms with van der Waals surface area (Å²) >= 11 is 5.74. The first-order valence-electron chi connectivity index (χ1n) is 11.9. The van der Waals surface area contributed by atoms with Crippen molar-refractivity contribution in [3.8, 4) is 11.5 Å². The van der Waals surface area contributed by atoms with Crippen LogP contribution in [0.25, 0.3) is 10.9 Å². The van der Waals surface area contributed by atoms with Gasteiger partial charge in [-0.3, -0.25) is 4.79 Å². The molecule has 37 heavy (non-hydrogen) atoms. The molecule has 1 amide bonds. The van der Waals surface area contributed by atoms with E-state index < -0.39 is 16.7 Å². The Morgan fingerprint density at radius 3 is 2.62 bits per heavy atom. The van der Waals surface area contributed by atoms with Crippen LogP contribution >= 0.6 is 11.6 Å². The van der Waals surface area contributed by atoms with Crippen LogP contribution in [0.4, 0.5) is 20.3 Å². The molecule has 0 saturated carbocycles. The highest BCUT2D eigenvalue weighted by Crippen LogP contribution is 2.38. The first-order valence-corrected chi connectivity index (χ1v) is 12.3. The van der Waals surface area contributed by atoms with Crippen molar-refractivity contribution < 1.29 is 27.8 Å². The summed E-state index contributed by atoms with van der Waals surface area (Å²) in [7, 11) is 0. The number of ether oxygens (including phenoxy) is 3. The second kappa shape index (κ2) is 10.9. The first-order chi connectivity index (χ1) is 17.9. The molecule has 5 rings (SSSR count). The number of amides is 1. The molecule has 2 aromatic carbocycles. The van der Waals surface area contributed by atoms with E-state index in [4.69, 9.17) is 25.8 Å². The summed E-state index contributed by atoms with van der Waals surface area (Å²) in [4.78, 5) is 22.3. The van der Waals surface area contributed by atoms with E-state index in [-0.39, 0.29) is 23.8 Å². The van der Waals surface area contributed by atoms with Crippen molar-refractivity contribution in [3.63, 3.8) is 0 Å². The number of hydrogen-bond acceptors (Lipinski definition) is 7. The standard InChI is InChI=1S/C26H25ClF2N4O4/c1-2-23(34)33-8-5-15(6-9-33)36-21-11-17-20(12-22(21)37-16-7-10-35-13-16)30-14-31-26(17)32-19-4-3-18(28)24(27)25(19)29/h2-4,11-12,14-16H,1,5-10,13H2,(H,30,31,32)/t16-/m0/s1. The number of rotatable bonds is 7. The van der Waals surface area contributed by atoms with Gasteiger partial charge in [-0.25, -0.2) is 18.7 Å². The minimum absolute atomic E-state index is 0.0310. The average molecular weight is 531 g/mol. The Kier molecular flexibility index (Phi) is 7.38. The topological polar surface area (TPSA) is 85.8 Å². The van der Waals surface area contributed by atoms with E-state index in [0.29, 0.717) is 67.4 Å². The van der Waals surface area contributed by atoms with E-state index >= 15 is 0 Å². The lowest BCUT2D eigenvalue weighted by atomic mass is 10.1. The summed E-state index contributed by atoms with van der Waals surface area (Å²) in [5.41, 5.74) is 0.510. The molecular weight excluding hydrogens is 506 g/mol. The Bertz CT molecular complexity index is 1330. The molecule has 2 fully saturated rings. The maximum atomic E-state index is 14.6. The van der Waals surface area contributed by atoms with Crippen molar-refractivity contribution in [1.29, 1.82) is 0 Å². The lowest BCUT2D eigenvalue weighted by Gasteiger charge is -2.32. The van der Waals surface area contributed by atoms with Crippen LogP contribution in [-0.2, 0) is 9.53 Å². The fraction of sp³-hybridized carbons (Fsp3) is 0.346. The van der Waals surface area contributed by atoms with Crippen LogP contribution < -0.4 is 14.8 Å². The number of hydrogen-bond donors (Lipinski definition) is 1. The second-order valence-electron chi connectivity index (χ2n) is 8.84. The van der Waals surface area contributed by atoms with Crippen molar-refractivity contribution in [2.45, 2.75) is 31.5 Å². The summed E-state index contributed by atoms with van der Waals surface area (Å²) in [5.74, 6) is -0.607. The second-order valence-corrected chi connectivity index (χ2v) is 9.21. The van der Waals surface area contributed by atoms with Gasteiger partial charge in [0.1, 0.15) is 35.2 Å². The quantitative estimate of drug-likeness (QED) is 0.339. The van der Waals surface area contributed by atoms with Crippen molar-refractivity contribution in [2.75, 3.05) is 31.6 Å². The Labute approximate surface area is 217 Å². The average Bonchev–Trinajstić information content (AvgIpc) is 3.43. The van der Waals surface area contributed by atoms with Crippen LogP contribution in [0.1, 0.15) is 19.3 Å². The van der Waals surface area contributed by atoms with Gasteiger partial charge in [0, 0.05) is 43.8 Å². The number of fused-ring (bicyclic) bond motifs is 1. The Morgan fingerprint density at radius 2 is 1.89 bits per heavy atom. The molecule has 0 bridgehead atoms. The summed E-state index contributed by atoms with van der Waals surface area (Å²) < 4.78 is 46.2. The SMILES string of the molecule is C=CC(=O)N1CCC(Oc2cc3c(Nc4ccc(F)c(Cl)c4F)ncnc3cc2O[C@H]2CCOC2)CC1. The van der Waals surface area contributed by atoms with Gasteiger partial charge in [-0.1, -0.05) is 18.2 Å². The van der Waals surface area contributed by atoms with Gasteiger partial charge in [0.25, 0.3) is 0 Å². The van der Waals surface area contributed by atoms with Gasteiger partial charge in [-0.15, -0.1) is 0 Å². The summed E-state index contributed by atoms with van der Waals surface area (Å²) in [5, 5.41) is 2.82. The molecule has 194 valence electrons. The van der Waals surface area contributed by atoms with Crippen molar-refractivity contribution in [1.82, 2.24) is 14.9 Å². The summed E-state index contributed by atoms with van der Waals surface area (Å²) in [6, 6.07) is 5.82. The van der Waals surface area contributed by atoms with Gasteiger partial charge < -0.3 is 24.4 Å². The molecule has 11 heteroatoms. The normalized spacial score (nSPS) is 18.1. The molecule has 0 spiro atoms. The number of piperidine rings is 1. The van der Waals surface area contributed by atoms with Gasteiger partial charge >= 0.3 is 0 Å². The molecule has 0 aliphatic carbocycles. The molecule has 0 radical (unpaired) electrons. The fourth-order valence-corrected chi connectivity index (χ4v) is 4.55. The van der Waals surface area contributed by atoms with E-state index in [2.05, 4.69) is 21.9 Å². The van der Waals surface area contributed by atoms with Gasteiger partial charge in [-0.05, 0) is 24.3 Å². The molecule has 2 aliphatic heterocycles. The third kappa shape index (κ3) is 5.45.